The normalized spacial score (nSPS) is 5.90. The molecule has 0 aliphatic carbocycles. The Morgan fingerprint density at radius 2 is 0.800 bits per heavy atom. The van der Waals surface area contributed by atoms with Crippen molar-refractivity contribution in [3.8, 4) is 0 Å². The summed E-state index contributed by atoms with van der Waals surface area (Å²) in [5.74, 6) is 0. The molecule has 0 amide bonds. The zero-order chi connectivity index (χ0) is 4.50. The Morgan fingerprint density at radius 1 is 0.800 bits per heavy atom. The summed E-state index contributed by atoms with van der Waals surface area (Å²) in [6, 6.07) is 0. The van der Waals surface area contributed by atoms with Crippen molar-refractivity contribution in [2.45, 2.75) is 0 Å². The maximum atomic E-state index is 8.55. The largest absolute Gasteiger partial charge is 1.00 e. The molecule has 0 aromatic carbocycles. The molecule has 4 nitrogen and oxygen atoms in total. The average molecular weight is 244 g/mol. The summed E-state index contributed by atoms with van der Waals surface area (Å²) < 4.78 is 8.55. The van der Waals surface area contributed by atoms with Crippen LogP contribution in [0.1, 0.15) is 0 Å². The summed E-state index contributed by atoms with van der Waals surface area (Å²) >= 11 is 0. The van der Waals surface area contributed by atoms with Crippen LogP contribution in [0.5, 0.6) is 0 Å². The van der Waals surface area contributed by atoms with Crippen LogP contribution in [0.3, 0.4) is 0 Å². The summed E-state index contributed by atoms with van der Waals surface area (Å²) in [7, 11) is -5.39. The minimum atomic E-state index is -5.39. The van der Waals surface area contributed by atoms with Gasteiger partial charge in [0.15, 0.2) is 0 Å². The molecular weight excluding hydrogens is 244 g/mol. The molecule has 0 spiro atoms. The minimum absolute atomic E-state index is 0. The van der Waals surface area contributed by atoms with E-state index in [0.717, 1.165) is 0 Å². The first kappa shape index (κ1) is 36.1. The third-order valence-electron chi connectivity index (χ3n) is 0. The Bertz CT molecular complexity index is 64.6. The molecule has 0 aliphatic rings. The van der Waals surface area contributed by atoms with Crippen molar-refractivity contribution >= 4 is 7.82 Å². The predicted molar refractivity (Wildman–Crippen MR) is 7.61 cm³/mol. The van der Waals surface area contributed by atoms with Crippen LogP contribution in [0.2, 0.25) is 0 Å². The number of hydrogen-bond donors (Lipinski definition) is 0. The van der Waals surface area contributed by atoms with Crippen LogP contribution >= 0.6 is 7.82 Å². The van der Waals surface area contributed by atoms with Gasteiger partial charge in [0.1, 0.15) is 0 Å². The second-order valence-electron chi connectivity index (χ2n) is 0.447. The molecule has 0 aliphatic heterocycles. The van der Waals surface area contributed by atoms with Gasteiger partial charge in [-0.3, -0.25) is 0 Å². The SMILES string of the molecule is O=P([O-])([O-])[O-].[Ar].[Ar].[Na+].[Na+].[Na+]. The molecule has 0 N–H and O–H groups in total. The molecule has 0 atom stereocenters. The Kier molecular flexibility index (Phi) is 72.5. The van der Waals surface area contributed by atoms with E-state index in [2.05, 4.69) is 0 Å². The van der Waals surface area contributed by atoms with Gasteiger partial charge in [-0.2, -0.15) is 7.82 Å². The maximum Gasteiger partial charge on any atom is 1.00 e. The zero-order valence-corrected chi connectivity index (χ0v) is 14.1. The van der Waals surface area contributed by atoms with E-state index in [-0.39, 0.29) is 164 Å². The molecule has 0 unspecified atom stereocenters. The van der Waals surface area contributed by atoms with Gasteiger partial charge in [-0.1, -0.05) is 0 Å². The second-order valence-corrected chi connectivity index (χ2v) is 1.34. The summed E-state index contributed by atoms with van der Waals surface area (Å²) in [5, 5.41) is 0. The Labute approximate surface area is 186 Å². The van der Waals surface area contributed by atoms with Crippen LogP contribution in [-0.2, 0) is 4.57 Å². The Balaban J connectivity index is -0.00000000800. The standard InChI is InChI=1S/2Ar.3Na.H3O4P/c;;;;;1-5(2,3)4/h;;;;;(H3,1,2,3,4)/q;;3*+1;/p-3. The Hall–Kier alpha value is 5.63. The van der Waals surface area contributed by atoms with E-state index in [0.29, 0.717) is 0 Å². The van der Waals surface area contributed by atoms with Crippen molar-refractivity contribution in [1.29, 1.82) is 0 Å². The fourth-order valence-electron chi connectivity index (χ4n) is 0. The molecule has 0 bridgehead atoms. The summed E-state index contributed by atoms with van der Waals surface area (Å²) in [6.07, 6.45) is 0. The first-order valence-corrected chi connectivity index (χ1v) is 2.19. The molecule has 10 heavy (non-hydrogen) atoms. The molecule has 0 radical (unpaired) electrons. The van der Waals surface area contributed by atoms with Crippen molar-refractivity contribution in [3.63, 3.8) is 0 Å². The van der Waals surface area contributed by atoms with Crippen LogP contribution < -0.4 is 103 Å². The van der Waals surface area contributed by atoms with Gasteiger partial charge in [-0.25, -0.2) is 0 Å². The van der Waals surface area contributed by atoms with E-state index < -0.39 is 7.82 Å². The van der Waals surface area contributed by atoms with Crippen molar-refractivity contribution in [2.24, 2.45) is 0 Å². The monoisotopic (exact) mass is 244 g/mol. The molecule has 48 valence electrons. The molecular formula is Ar2Na3O4P. The van der Waals surface area contributed by atoms with Crippen molar-refractivity contribution in [3.05, 3.63) is 0 Å². The first-order valence-electron chi connectivity index (χ1n) is 0.730. The Morgan fingerprint density at radius 3 is 0.800 bits per heavy atom. The predicted octanol–water partition coefficient (Wildman–Crippen LogP) is -11.8. The third kappa shape index (κ3) is 68.6. The van der Waals surface area contributed by atoms with Gasteiger partial charge >= 0.3 is 88.7 Å². The fraction of sp³-hybridized carbons (Fsp3) is 0. The molecule has 0 fully saturated rings. The van der Waals surface area contributed by atoms with Gasteiger partial charge in [0.2, 0.25) is 0 Å². The van der Waals surface area contributed by atoms with Crippen LogP contribution in [-0.4, -0.2) is 0 Å². The van der Waals surface area contributed by atoms with Crippen molar-refractivity contribution in [1.82, 2.24) is 0 Å². The van der Waals surface area contributed by atoms with Crippen LogP contribution in [0, 0.1) is 75.5 Å². The fourth-order valence-corrected chi connectivity index (χ4v) is 0. The van der Waals surface area contributed by atoms with E-state index >= 15 is 0 Å². The van der Waals surface area contributed by atoms with Gasteiger partial charge in [0.25, 0.3) is 0 Å². The third-order valence-corrected chi connectivity index (χ3v) is 0. The van der Waals surface area contributed by atoms with Crippen molar-refractivity contribution < 1.29 is 183 Å². The van der Waals surface area contributed by atoms with Crippen LogP contribution in [0.4, 0.5) is 0 Å². The van der Waals surface area contributed by atoms with E-state index in [4.69, 9.17) is 19.2 Å². The molecule has 10 heteroatoms. The maximum absolute atomic E-state index is 8.55. The molecule has 0 saturated carbocycles. The summed E-state index contributed by atoms with van der Waals surface area (Å²) in [4.78, 5) is 25.6. The first-order chi connectivity index (χ1) is 2.00. The number of rotatable bonds is 0. The molecule has 0 aromatic rings. The minimum Gasteiger partial charge on any atom is -0.822 e. The van der Waals surface area contributed by atoms with Gasteiger partial charge in [-0.05, 0) is 0 Å². The van der Waals surface area contributed by atoms with Gasteiger partial charge in [-0.15, -0.1) is 0 Å². The summed E-state index contributed by atoms with van der Waals surface area (Å²) in [5.41, 5.74) is 0. The van der Waals surface area contributed by atoms with Gasteiger partial charge in [0.05, 0.1) is 0 Å². The zero-order valence-electron chi connectivity index (χ0n) is 5.79. The van der Waals surface area contributed by atoms with Gasteiger partial charge in [0, 0.05) is 75.5 Å². The smallest absolute Gasteiger partial charge is 0.822 e. The van der Waals surface area contributed by atoms with E-state index in [1.807, 2.05) is 0 Å². The van der Waals surface area contributed by atoms with E-state index in [9.17, 15) is 0 Å². The number of hydrogen-bond acceptors (Lipinski definition) is 4. The van der Waals surface area contributed by atoms with Crippen molar-refractivity contribution in [2.75, 3.05) is 0 Å². The molecule has 0 heterocycles. The average Bonchev–Trinajstić information content (AvgIpc) is 0.722. The topological polar surface area (TPSA) is 86.2 Å². The second kappa shape index (κ2) is 20.1. The van der Waals surface area contributed by atoms with Crippen LogP contribution in [0.15, 0.2) is 0 Å². The van der Waals surface area contributed by atoms with Crippen LogP contribution in [0.25, 0.3) is 0 Å². The number of phosphoric acid groups is 1. The quantitative estimate of drug-likeness (QED) is 0.312. The molecule has 0 rings (SSSR count). The van der Waals surface area contributed by atoms with E-state index in [1.165, 1.54) is 0 Å². The molecule has 0 saturated heterocycles. The van der Waals surface area contributed by atoms with Gasteiger partial charge < -0.3 is 19.2 Å². The van der Waals surface area contributed by atoms with E-state index in [1.54, 1.807) is 0 Å². The molecule has 0 aromatic heterocycles. The summed E-state index contributed by atoms with van der Waals surface area (Å²) in [6.45, 7) is 0.